The molecule has 0 spiro atoms. The number of benzene rings is 2. The number of nitrogens with one attached hydrogen (secondary N) is 1. The lowest BCUT2D eigenvalue weighted by Gasteiger charge is -2.12. The van der Waals surface area contributed by atoms with Crippen molar-refractivity contribution in [1.82, 2.24) is 19.3 Å². The maximum atomic E-state index is 12.9. The average molecular weight is 506 g/mol. The van der Waals surface area contributed by atoms with Gasteiger partial charge in [-0.15, -0.1) is 0 Å². The van der Waals surface area contributed by atoms with Crippen LogP contribution in [0, 0.1) is 0 Å². The van der Waals surface area contributed by atoms with Crippen molar-refractivity contribution in [2.75, 3.05) is 26.0 Å². The van der Waals surface area contributed by atoms with Gasteiger partial charge in [-0.25, -0.2) is 18.9 Å². The number of unbranched alkanes of at least 4 members (excludes halogenated alkanes) is 1. The van der Waals surface area contributed by atoms with Crippen LogP contribution in [0.3, 0.4) is 0 Å². The summed E-state index contributed by atoms with van der Waals surface area (Å²) in [6.45, 7) is 1.53. The van der Waals surface area contributed by atoms with Gasteiger partial charge in [0.25, 0.3) is 0 Å². The molecular weight excluding hydrogens is 479 g/mol. The van der Waals surface area contributed by atoms with E-state index in [0.29, 0.717) is 43.9 Å². The Kier molecular flexibility index (Phi) is 7.68. The number of nitrogens with zero attached hydrogens (tertiary/aromatic N) is 3. The number of aromatic nitrogens is 3. The van der Waals surface area contributed by atoms with Crippen LogP contribution in [0.25, 0.3) is 21.9 Å². The van der Waals surface area contributed by atoms with Crippen LogP contribution in [0.15, 0.2) is 53.4 Å². The zero-order valence-electron chi connectivity index (χ0n) is 19.1. The van der Waals surface area contributed by atoms with E-state index in [2.05, 4.69) is 14.3 Å². The lowest BCUT2D eigenvalue weighted by molar-refractivity contribution is -0.137. The number of ether oxygens (including phenoxy) is 1. The van der Waals surface area contributed by atoms with Crippen molar-refractivity contribution < 1.29 is 22.1 Å². The molecule has 0 aliphatic carbocycles. The molecule has 0 aliphatic heterocycles. The molecule has 0 radical (unpaired) electrons. The van der Waals surface area contributed by atoms with Crippen molar-refractivity contribution in [2.45, 2.75) is 36.9 Å². The number of nitrogens with two attached hydrogens (primary N) is 1. The Morgan fingerprint density at radius 1 is 1.11 bits per heavy atom. The van der Waals surface area contributed by atoms with E-state index in [0.717, 1.165) is 40.8 Å². The minimum absolute atomic E-state index is 0.0942. The molecule has 7 nitrogen and oxygen atoms in total. The SMILES string of the molecule is COCCc1nc2c(N)nc3ccccc3c2n1CCCCNS(=O)c1cccc(C(F)(F)F)c1. The molecule has 0 saturated carbocycles. The quantitative estimate of drug-likeness (QED) is 0.310. The Morgan fingerprint density at radius 3 is 2.69 bits per heavy atom. The van der Waals surface area contributed by atoms with Crippen LogP contribution < -0.4 is 10.5 Å². The molecule has 2 aromatic carbocycles. The van der Waals surface area contributed by atoms with E-state index in [1.165, 1.54) is 12.1 Å². The molecule has 3 N–H and O–H groups in total. The monoisotopic (exact) mass is 505 g/mol. The molecule has 0 amide bonds. The van der Waals surface area contributed by atoms with E-state index >= 15 is 0 Å². The Labute approximate surface area is 203 Å². The molecule has 1 atom stereocenters. The van der Waals surface area contributed by atoms with Crippen molar-refractivity contribution in [3.05, 3.63) is 59.9 Å². The smallest absolute Gasteiger partial charge is 0.384 e. The highest BCUT2D eigenvalue weighted by Gasteiger charge is 2.30. The van der Waals surface area contributed by atoms with Gasteiger partial charge in [-0.1, -0.05) is 24.3 Å². The number of pyridine rings is 1. The third kappa shape index (κ3) is 5.63. The van der Waals surface area contributed by atoms with Gasteiger partial charge in [-0.05, 0) is 37.1 Å². The number of methoxy groups -OCH3 is 1. The Balaban J connectivity index is 1.46. The third-order valence-corrected chi connectivity index (χ3v) is 6.78. The molecule has 35 heavy (non-hydrogen) atoms. The van der Waals surface area contributed by atoms with Gasteiger partial charge < -0.3 is 15.0 Å². The van der Waals surface area contributed by atoms with Gasteiger partial charge in [0.15, 0.2) is 5.82 Å². The number of hydrogen-bond donors (Lipinski definition) is 2. The number of para-hydroxylation sites is 1. The molecule has 11 heteroatoms. The molecule has 0 aliphatic rings. The summed E-state index contributed by atoms with van der Waals surface area (Å²) in [5, 5.41) is 0.955. The highest BCUT2D eigenvalue weighted by Crippen LogP contribution is 2.31. The van der Waals surface area contributed by atoms with Gasteiger partial charge in [-0.2, -0.15) is 13.2 Å². The van der Waals surface area contributed by atoms with E-state index in [1.807, 2.05) is 24.3 Å². The van der Waals surface area contributed by atoms with Gasteiger partial charge >= 0.3 is 6.18 Å². The summed E-state index contributed by atoms with van der Waals surface area (Å²) < 4.78 is 61.4. The number of nitrogen functional groups attached to an aromatic ring is 1. The fraction of sp³-hybridized carbons (Fsp3) is 0.333. The Bertz CT molecular complexity index is 1360. The summed E-state index contributed by atoms with van der Waals surface area (Å²) in [5.74, 6) is 1.21. The maximum absolute atomic E-state index is 12.9. The van der Waals surface area contributed by atoms with Gasteiger partial charge in [0.1, 0.15) is 22.3 Å². The van der Waals surface area contributed by atoms with Crippen LogP contribution in [0.2, 0.25) is 0 Å². The second kappa shape index (κ2) is 10.7. The topological polar surface area (TPSA) is 95.1 Å². The second-order valence-corrected chi connectivity index (χ2v) is 9.33. The molecule has 4 aromatic rings. The molecule has 0 saturated heterocycles. The van der Waals surface area contributed by atoms with Gasteiger partial charge in [0.05, 0.1) is 28.1 Å². The second-order valence-electron chi connectivity index (χ2n) is 8.03. The molecule has 2 heterocycles. The summed E-state index contributed by atoms with van der Waals surface area (Å²) >= 11 is 0. The van der Waals surface area contributed by atoms with Crippen molar-refractivity contribution in [1.29, 1.82) is 0 Å². The maximum Gasteiger partial charge on any atom is 0.416 e. The number of hydrogen-bond acceptors (Lipinski definition) is 5. The Morgan fingerprint density at radius 2 is 1.91 bits per heavy atom. The van der Waals surface area contributed by atoms with E-state index in [9.17, 15) is 17.4 Å². The van der Waals surface area contributed by atoms with E-state index < -0.39 is 22.7 Å². The molecule has 186 valence electrons. The minimum atomic E-state index is -4.47. The minimum Gasteiger partial charge on any atom is -0.384 e. The van der Waals surface area contributed by atoms with Crippen LogP contribution in [-0.2, 0) is 34.9 Å². The van der Waals surface area contributed by atoms with Gasteiger partial charge in [0, 0.05) is 32.0 Å². The van der Waals surface area contributed by atoms with Crippen LogP contribution in [0.4, 0.5) is 19.0 Å². The first-order chi connectivity index (χ1) is 16.8. The standard InChI is InChI=1S/C24H26F3N5O2S/c1-34-14-11-20-31-21-22(18-9-2-3-10-19(18)30-23(21)28)32(20)13-5-4-12-29-35(33)17-8-6-7-16(15-17)24(25,26)27/h2-3,6-10,15,29H,4-5,11-14H2,1H3,(H2,28,30). The van der Waals surface area contributed by atoms with Crippen molar-refractivity contribution in [2.24, 2.45) is 0 Å². The number of fused-ring (bicyclic) bond motifs is 3. The number of imidazole rings is 1. The van der Waals surface area contributed by atoms with Crippen LogP contribution >= 0.6 is 0 Å². The van der Waals surface area contributed by atoms with E-state index in [-0.39, 0.29) is 4.90 Å². The predicted octanol–water partition coefficient (Wildman–Crippen LogP) is 4.47. The molecule has 1 unspecified atom stereocenters. The first-order valence-electron chi connectivity index (χ1n) is 11.1. The number of anilines is 1. The van der Waals surface area contributed by atoms with Crippen molar-refractivity contribution in [3.63, 3.8) is 0 Å². The summed E-state index contributed by atoms with van der Waals surface area (Å²) in [6, 6.07) is 12.3. The van der Waals surface area contributed by atoms with Crippen LogP contribution in [0.1, 0.15) is 24.2 Å². The Hall–Kier alpha value is -3.02. The van der Waals surface area contributed by atoms with Gasteiger partial charge in [0.2, 0.25) is 0 Å². The normalized spacial score (nSPS) is 13.0. The summed E-state index contributed by atoms with van der Waals surface area (Å²) in [4.78, 5) is 9.30. The highest BCUT2D eigenvalue weighted by molar-refractivity contribution is 7.83. The number of halogens is 3. The fourth-order valence-electron chi connectivity index (χ4n) is 3.96. The molecular formula is C24H26F3N5O2S. The molecule has 2 aromatic heterocycles. The van der Waals surface area contributed by atoms with Crippen molar-refractivity contribution in [3.8, 4) is 0 Å². The molecule has 0 bridgehead atoms. The van der Waals surface area contributed by atoms with Crippen molar-refractivity contribution >= 4 is 38.7 Å². The first-order valence-corrected chi connectivity index (χ1v) is 12.3. The number of rotatable bonds is 10. The average Bonchev–Trinajstić information content (AvgIpc) is 3.21. The molecule has 0 fully saturated rings. The highest BCUT2D eigenvalue weighted by atomic mass is 32.2. The number of aryl methyl sites for hydroxylation is 1. The lowest BCUT2D eigenvalue weighted by atomic mass is 10.2. The zero-order chi connectivity index (χ0) is 25.0. The zero-order valence-corrected chi connectivity index (χ0v) is 20.0. The summed E-state index contributed by atoms with van der Waals surface area (Å²) in [7, 11) is -0.0984. The van der Waals surface area contributed by atoms with Gasteiger partial charge in [-0.3, -0.25) is 0 Å². The number of alkyl halides is 3. The fourth-order valence-corrected chi connectivity index (χ4v) is 4.89. The van der Waals surface area contributed by atoms with Crippen LogP contribution in [0.5, 0.6) is 0 Å². The third-order valence-electron chi connectivity index (χ3n) is 5.64. The summed E-state index contributed by atoms with van der Waals surface area (Å²) in [5.41, 5.74) is 7.74. The largest absolute Gasteiger partial charge is 0.416 e. The summed E-state index contributed by atoms with van der Waals surface area (Å²) in [6.07, 6.45) is -2.48. The lowest BCUT2D eigenvalue weighted by Crippen LogP contribution is -2.19. The van der Waals surface area contributed by atoms with E-state index in [1.54, 1.807) is 7.11 Å². The van der Waals surface area contributed by atoms with Crippen LogP contribution in [-0.4, -0.2) is 39.0 Å². The molecule has 4 rings (SSSR count). The first kappa shape index (κ1) is 25.1. The van der Waals surface area contributed by atoms with E-state index in [4.69, 9.17) is 15.5 Å². The predicted molar refractivity (Wildman–Crippen MR) is 130 cm³/mol.